The van der Waals surface area contributed by atoms with Crippen molar-refractivity contribution in [1.29, 1.82) is 0 Å². The third kappa shape index (κ3) is 2.85. The molecular weight excluding hydrogens is 184 g/mol. The van der Waals surface area contributed by atoms with Crippen molar-refractivity contribution in [3.05, 3.63) is 41.7 Å². The number of hydrogen-bond acceptors (Lipinski definition) is 1. The molecule has 0 spiro atoms. The van der Waals surface area contributed by atoms with Gasteiger partial charge in [0.15, 0.2) is 0 Å². The highest BCUT2D eigenvalue weighted by molar-refractivity contribution is 5.50. The van der Waals surface area contributed by atoms with Crippen LogP contribution < -0.4 is 5.11 Å². The first-order valence-electron chi connectivity index (χ1n) is 5.80. The monoisotopic (exact) mass is 201 g/mol. The van der Waals surface area contributed by atoms with Gasteiger partial charge in [0.25, 0.3) is 0 Å². The fourth-order valence-corrected chi connectivity index (χ4v) is 2.22. The van der Waals surface area contributed by atoms with Crippen LogP contribution in [0.1, 0.15) is 37.7 Å². The molecule has 1 nitrogen and oxygen atoms in total. The van der Waals surface area contributed by atoms with E-state index in [0.717, 1.165) is 18.4 Å². The molecule has 1 aromatic rings. The van der Waals surface area contributed by atoms with Crippen molar-refractivity contribution in [3.8, 4) is 0 Å². The molecule has 1 aliphatic carbocycles. The van der Waals surface area contributed by atoms with Crippen LogP contribution >= 0.6 is 0 Å². The van der Waals surface area contributed by atoms with Gasteiger partial charge >= 0.3 is 0 Å². The normalized spacial score (nSPS) is 19.1. The minimum atomic E-state index is 0.291. The van der Waals surface area contributed by atoms with Gasteiger partial charge in [-0.15, -0.1) is 5.76 Å². The average Bonchev–Trinajstić information content (AvgIpc) is 2.31. The van der Waals surface area contributed by atoms with Gasteiger partial charge in [-0.05, 0) is 24.3 Å². The third-order valence-corrected chi connectivity index (χ3v) is 3.12. The van der Waals surface area contributed by atoms with E-state index >= 15 is 0 Å². The van der Waals surface area contributed by atoms with Crippen LogP contribution in [-0.2, 0) is 0 Å². The minimum absolute atomic E-state index is 0.291. The topological polar surface area (TPSA) is 23.1 Å². The highest BCUT2D eigenvalue weighted by atomic mass is 16.3. The number of hydrogen-bond donors (Lipinski definition) is 0. The maximum absolute atomic E-state index is 11.9. The van der Waals surface area contributed by atoms with Crippen LogP contribution in [0.2, 0.25) is 0 Å². The summed E-state index contributed by atoms with van der Waals surface area (Å²) in [4.78, 5) is 0. The quantitative estimate of drug-likeness (QED) is 0.675. The molecule has 0 amide bonds. The van der Waals surface area contributed by atoms with Crippen molar-refractivity contribution in [3.63, 3.8) is 0 Å². The van der Waals surface area contributed by atoms with Crippen molar-refractivity contribution in [2.75, 3.05) is 0 Å². The smallest absolute Gasteiger partial charge is 0.0266 e. The Bertz CT molecular complexity index is 320. The molecule has 0 atom stereocenters. The van der Waals surface area contributed by atoms with Crippen LogP contribution in [0.5, 0.6) is 0 Å². The summed E-state index contributed by atoms with van der Waals surface area (Å²) in [5.74, 6) is 0.611. The van der Waals surface area contributed by atoms with Gasteiger partial charge < -0.3 is 5.11 Å². The average molecular weight is 201 g/mol. The van der Waals surface area contributed by atoms with Gasteiger partial charge in [0.05, 0.1) is 0 Å². The number of benzene rings is 1. The lowest BCUT2D eigenvalue weighted by atomic mass is 9.87. The first-order chi connectivity index (χ1) is 7.36. The molecule has 2 rings (SSSR count). The van der Waals surface area contributed by atoms with Crippen LogP contribution in [0.15, 0.2) is 36.1 Å². The molecule has 80 valence electrons. The summed E-state index contributed by atoms with van der Waals surface area (Å²) in [6, 6.07) is 9.89. The van der Waals surface area contributed by atoms with Crippen molar-refractivity contribution in [2.45, 2.75) is 32.1 Å². The molecule has 0 bridgehead atoms. The lowest BCUT2D eigenvalue weighted by molar-refractivity contribution is -0.314. The lowest BCUT2D eigenvalue weighted by Crippen LogP contribution is -2.18. The molecule has 0 heterocycles. The second-order valence-electron chi connectivity index (χ2n) is 4.29. The van der Waals surface area contributed by atoms with E-state index in [4.69, 9.17) is 0 Å². The molecular formula is C14H17O-. The molecule has 0 saturated heterocycles. The molecule has 0 aromatic heterocycles. The number of allylic oxidation sites excluding steroid dienone is 1. The van der Waals surface area contributed by atoms with Gasteiger partial charge in [0.1, 0.15) is 0 Å². The molecule has 1 fully saturated rings. The van der Waals surface area contributed by atoms with Crippen LogP contribution in [0, 0.1) is 5.92 Å². The third-order valence-electron chi connectivity index (χ3n) is 3.12. The second-order valence-corrected chi connectivity index (χ2v) is 4.29. The summed E-state index contributed by atoms with van der Waals surface area (Å²) in [5, 5.41) is 11.9. The zero-order chi connectivity index (χ0) is 10.5. The molecule has 15 heavy (non-hydrogen) atoms. The predicted molar refractivity (Wildman–Crippen MR) is 61.0 cm³/mol. The Morgan fingerprint density at radius 2 is 1.73 bits per heavy atom. The second kappa shape index (κ2) is 5.01. The first kappa shape index (κ1) is 10.3. The molecule has 0 aliphatic heterocycles. The van der Waals surface area contributed by atoms with E-state index in [1.807, 2.05) is 30.3 Å². The van der Waals surface area contributed by atoms with E-state index in [1.165, 1.54) is 19.3 Å². The summed E-state index contributed by atoms with van der Waals surface area (Å²) in [5.41, 5.74) is 1.04. The largest absolute Gasteiger partial charge is 0.875 e. The Morgan fingerprint density at radius 3 is 2.40 bits per heavy atom. The zero-order valence-electron chi connectivity index (χ0n) is 8.99. The van der Waals surface area contributed by atoms with Crippen LogP contribution in [0.4, 0.5) is 0 Å². The fourth-order valence-electron chi connectivity index (χ4n) is 2.22. The van der Waals surface area contributed by atoms with Crippen molar-refractivity contribution in [2.24, 2.45) is 5.92 Å². The molecule has 0 unspecified atom stereocenters. The maximum atomic E-state index is 11.9. The van der Waals surface area contributed by atoms with Gasteiger partial charge in [-0.1, -0.05) is 55.7 Å². The van der Waals surface area contributed by atoms with Crippen LogP contribution in [-0.4, -0.2) is 0 Å². The Labute approximate surface area is 91.4 Å². The van der Waals surface area contributed by atoms with E-state index in [0.29, 0.717) is 11.7 Å². The molecule has 0 N–H and O–H groups in total. The van der Waals surface area contributed by atoms with E-state index in [1.54, 1.807) is 6.08 Å². The Kier molecular flexibility index (Phi) is 3.44. The Balaban J connectivity index is 2.06. The number of rotatable bonds is 2. The summed E-state index contributed by atoms with van der Waals surface area (Å²) >= 11 is 0. The van der Waals surface area contributed by atoms with Crippen LogP contribution in [0.3, 0.4) is 0 Å². The Hall–Kier alpha value is -1.24. The molecule has 0 radical (unpaired) electrons. The van der Waals surface area contributed by atoms with Crippen molar-refractivity contribution >= 4 is 6.08 Å². The first-order valence-corrected chi connectivity index (χ1v) is 5.80. The zero-order valence-corrected chi connectivity index (χ0v) is 8.99. The SMILES string of the molecule is [O-]/C(=C\c1ccccc1)C1CCCCC1. The Morgan fingerprint density at radius 1 is 1.07 bits per heavy atom. The fraction of sp³-hybridized carbons (Fsp3) is 0.429. The van der Waals surface area contributed by atoms with E-state index in [9.17, 15) is 5.11 Å². The van der Waals surface area contributed by atoms with Crippen LogP contribution in [0.25, 0.3) is 6.08 Å². The molecule has 1 saturated carbocycles. The standard InChI is InChI=1S/C14H18O/c15-14(13-9-5-2-6-10-13)11-12-7-3-1-4-8-12/h1,3-4,7-8,11,13,15H,2,5-6,9-10H2/p-1/b14-11-. The summed E-state index contributed by atoms with van der Waals surface area (Å²) in [6.45, 7) is 0. The van der Waals surface area contributed by atoms with E-state index in [-0.39, 0.29) is 0 Å². The lowest BCUT2D eigenvalue weighted by Gasteiger charge is -2.28. The van der Waals surface area contributed by atoms with E-state index in [2.05, 4.69) is 0 Å². The van der Waals surface area contributed by atoms with Gasteiger partial charge in [0.2, 0.25) is 0 Å². The maximum Gasteiger partial charge on any atom is -0.0266 e. The van der Waals surface area contributed by atoms with Gasteiger partial charge in [0, 0.05) is 0 Å². The molecule has 1 aliphatic rings. The highest BCUT2D eigenvalue weighted by Gasteiger charge is 2.11. The summed E-state index contributed by atoms with van der Waals surface area (Å²) in [6.07, 6.45) is 7.72. The minimum Gasteiger partial charge on any atom is -0.875 e. The van der Waals surface area contributed by atoms with E-state index < -0.39 is 0 Å². The predicted octanol–water partition coefficient (Wildman–Crippen LogP) is 2.97. The summed E-state index contributed by atoms with van der Waals surface area (Å²) in [7, 11) is 0. The van der Waals surface area contributed by atoms with Gasteiger partial charge in [-0.25, -0.2) is 0 Å². The van der Waals surface area contributed by atoms with Crippen molar-refractivity contribution in [1.82, 2.24) is 0 Å². The van der Waals surface area contributed by atoms with Gasteiger partial charge in [-0.2, -0.15) is 0 Å². The molecule has 1 heteroatoms. The highest BCUT2D eigenvalue weighted by Crippen LogP contribution is 2.27. The molecule has 1 aromatic carbocycles. The van der Waals surface area contributed by atoms with Gasteiger partial charge in [-0.3, -0.25) is 0 Å². The van der Waals surface area contributed by atoms with Crippen molar-refractivity contribution < 1.29 is 5.11 Å². The summed E-state index contributed by atoms with van der Waals surface area (Å²) < 4.78 is 0.